The van der Waals surface area contributed by atoms with Gasteiger partial charge in [-0.25, -0.2) is 0 Å². The number of amides is 1. The van der Waals surface area contributed by atoms with Crippen LogP contribution < -0.4 is 0 Å². The number of piperazine rings is 1. The lowest BCUT2D eigenvalue weighted by Crippen LogP contribution is -2.50. The van der Waals surface area contributed by atoms with E-state index in [0.717, 1.165) is 31.9 Å². The Bertz CT molecular complexity index is 880. The van der Waals surface area contributed by atoms with Crippen molar-refractivity contribution in [3.05, 3.63) is 39.3 Å². The first-order valence-electron chi connectivity index (χ1n) is 10.0. The normalized spacial score (nSPS) is 16.2. The summed E-state index contributed by atoms with van der Waals surface area (Å²) in [6.07, 6.45) is 2.10. The van der Waals surface area contributed by atoms with Gasteiger partial charge in [-0.3, -0.25) is 14.4 Å². The van der Waals surface area contributed by atoms with Gasteiger partial charge in [-0.1, -0.05) is 6.92 Å². The van der Waals surface area contributed by atoms with Crippen LogP contribution in [-0.2, 0) is 24.4 Å². The van der Waals surface area contributed by atoms with E-state index < -0.39 is 4.92 Å². The second-order valence-corrected chi connectivity index (χ2v) is 7.68. The largest absolute Gasteiger partial charge is 0.390 e. The van der Waals surface area contributed by atoms with Crippen LogP contribution in [0.1, 0.15) is 30.8 Å². The monoisotopic (exact) mass is 403 g/mol. The Kier molecular flexibility index (Phi) is 6.31. The first kappa shape index (κ1) is 21.0. The number of hydrogen-bond donors (Lipinski definition) is 0. The Morgan fingerprint density at radius 2 is 1.93 bits per heavy atom. The second-order valence-electron chi connectivity index (χ2n) is 7.68. The third-order valence-corrected chi connectivity index (χ3v) is 5.47. The number of rotatable bonds is 7. The summed E-state index contributed by atoms with van der Waals surface area (Å²) < 4.78 is 3.50. The summed E-state index contributed by atoms with van der Waals surface area (Å²) in [5.74, 6) is -0.403. The minimum absolute atomic E-state index is 0.0668. The average Bonchev–Trinajstić information content (AvgIpc) is 3.24. The molecule has 0 bridgehead atoms. The Balaban J connectivity index is 1.52. The molecular formula is C19H29N7O3. The molecule has 10 heteroatoms. The quantitative estimate of drug-likeness (QED) is 0.514. The fourth-order valence-corrected chi connectivity index (χ4v) is 3.66. The lowest BCUT2D eigenvalue weighted by atomic mass is 10.1. The summed E-state index contributed by atoms with van der Waals surface area (Å²) in [5, 5.41) is 19.4. The van der Waals surface area contributed by atoms with Gasteiger partial charge < -0.3 is 15.0 Å². The summed E-state index contributed by atoms with van der Waals surface area (Å²) in [5.41, 5.74) is 2.97. The van der Waals surface area contributed by atoms with E-state index in [2.05, 4.69) is 28.2 Å². The molecule has 158 valence electrons. The molecule has 29 heavy (non-hydrogen) atoms. The Labute approximate surface area is 170 Å². The fraction of sp³-hybridized carbons (Fsp3) is 0.632. The molecule has 1 aliphatic rings. The third kappa shape index (κ3) is 4.81. The van der Waals surface area contributed by atoms with Gasteiger partial charge in [0.1, 0.15) is 0 Å². The second kappa shape index (κ2) is 8.73. The summed E-state index contributed by atoms with van der Waals surface area (Å²) >= 11 is 0. The molecule has 1 aliphatic heterocycles. The molecule has 0 spiro atoms. The minimum Gasteiger partial charge on any atom is -0.358 e. The molecular weight excluding hydrogens is 374 g/mol. The maximum absolute atomic E-state index is 12.8. The van der Waals surface area contributed by atoms with E-state index in [1.54, 1.807) is 11.6 Å². The molecule has 3 rings (SSSR count). The van der Waals surface area contributed by atoms with Crippen LogP contribution in [0.5, 0.6) is 0 Å². The topological polar surface area (TPSA) is 102 Å². The van der Waals surface area contributed by atoms with Crippen molar-refractivity contribution in [3.63, 3.8) is 0 Å². The minimum atomic E-state index is -0.513. The maximum atomic E-state index is 12.8. The van der Waals surface area contributed by atoms with Crippen molar-refractivity contribution in [2.75, 3.05) is 26.2 Å². The molecule has 0 aromatic carbocycles. The van der Waals surface area contributed by atoms with Crippen molar-refractivity contribution >= 4 is 11.7 Å². The first-order chi connectivity index (χ1) is 13.8. The van der Waals surface area contributed by atoms with Crippen LogP contribution in [0.3, 0.4) is 0 Å². The van der Waals surface area contributed by atoms with Crippen LogP contribution in [0.2, 0.25) is 0 Å². The molecule has 1 amide bonds. The van der Waals surface area contributed by atoms with Gasteiger partial charge in [-0.05, 0) is 25.7 Å². The van der Waals surface area contributed by atoms with Gasteiger partial charge in [0, 0.05) is 51.0 Å². The average molecular weight is 403 g/mol. The molecule has 1 saturated heterocycles. The zero-order valence-electron chi connectivity index (χ0n) is 17.5. The lowest BCUT2D eigenvalue weighted by molar-refractivity contribution is -0.389. The van der Waals surface area contributed by atoms with Crippen molar-refractivity contribution < 1.29 is 9.72 Å². The molecule has 1 unspecified atom stereocenters. The van der Waals surface area contributed by atoms with E-state index >= 15 is 0 Å². The fourth-order valence-electron chi connectivity index (χ4n) is 3.66. The van der Waals surface area contributed by atoms with E-state index in [0.29, 0.717) is 25.3 Å². The number of nitrogens with zero attached hydrogens (tertiary/aromatic N) is 7. The predicted octanol–water partition coefficient (Wildman–Crippen LogP) is 1.61. The van der Waals surface area contributed by atoms with E-state index in [4.69, 9.17) is 0 Å². The van der Waals surface area contributed by atoms with Crippen molar-refractivity contribution in [1.29, 1.82) is 0 Å². The highest BCUT2D eigenvalue weighted by Gasteiger charge is 2.27. The third-order valence-electron chi connectivity index (χ3n) is 5.47. The summed E-state index contributed by atoms with van der Waals surface area (Å²) in [4.78, 5) is 27.4. The first-order valence-corrected chi connectivity index (χ1v) is 10.0. The Morgan fingerprint density at radius 1 is 1.24 bits per heavy atom. The number of aryl methyl sites for hydroxylation is 3. The summed E-state index contributed by atoms with van der Waals surface area (Å²) in [6.45, 7) is 12.8. The Hall–Kier alpha value is -2.75. The number of carbonyl (C=O) groups is 1. The number of nitro groups is 1. The van der Waals surface area contributed by atoms with Crippen molar-refractivity contribution in [2.24, 2.45) is 5.92 Å². The molecule has 0 N–H and O–H groups in total. The zero-order chi connectivity index (χ0) is 21.1. The highest BCUT2D eigenvalue weighted by Crippen LogP contribution is 2.16. The number of carbonyl (C=O) groups excluding carboxylic acids is 1. The molecule has 0 aliphatic carbocycles. The van der Waals surface area contributed by atoms with Crippen LogP contribution in [0.25, 0.3) is 0 Å². The van der Waals surface area contributed by atoms with Crippen LogP contribution in [0, 0.1) is 29.9 Å². The van der Waals surface area contributed by atoms with E-state index in [1.165, 1.54) is 11.6 Å². The SMILES string of the molecule is CCn1cc(CN2CCN(C(=O)C(C)Cn3nc([N+](=O)[O-])cc3C)CC2)c(C)n1. The summed E-state index contributed by atoms with van der Waals surface area (Å²) in [6, 6.07) is 1.43. The standard InChI is InChI=1S/C19H29N7O3/c1-5-24-13-17(16(4)20-24)12-22-6-8-23(9-7-22)19(27)14(2)11-25-15(3)10-18(21-25)26(28)29/h10,13-14H,5-9,11-12H2,1-4H3. The molecule has 2 aromatic rings. The molecule has 0 radical (unpaired) electrons. The van der Waals surface area contributed by atoms with Crippen molar-refractivity contribution in [3.8, 4) is 0 Å². The molecule has 0 saturated carbocycles. The smallest absolute Gasteiger partial charge is 0.358 e. The predicted molar refractivity (Wildman–Crippen MR) is 107 cm³/mol. The van der Waals surface area contributed by atoms with Crippen LogP contribution >= 0.6 is 0 Å². The molecule has 1 fully saturated rings. The molecule has 1 atom stereocenters. The van der Waals surface area contributed by atoms with Crippen LogP contribution in [0.4, 0.5) is 5.82 Å². The van der Waals surface area contributed by atoms with E-state index in [9.17, 15) is 14.9 Å². The van der Waals surface area contributed by atoms with Gasteiger partial charge in [-0.2, -0.15) is 9.78 Å². The molecule has 3 heterocycles. The summed E-state index contributed by atoms with van der Waals surface area (Å²) in [7, 11) is 0. The highest BCUT2D eigenvalue weighted by atomic mass is 16.6. The number of aromatic nitrogens is 4. The highest BCUT2D eigenvalue weighted by molar-refractivity contribution is 5.78. The van der Waals surface area contributed by atoms with Crippen LogP contribution in [-0.4, -0.2) is 66.4 Å². The maximum Gasteiger partial charge on any atom is 0.390 e. The van der Waals surface area contributed by atoms with Gasteiger partial charge >= 0.3 is 5.82 Å². The van der Waals surface area contributed by atoms with Gasteiger partial charge in [0.15, 0.2) is 0 Å². The molecule has 2 aromatic heterocycles. The van der Waals surface area contributed by atoms with Crippen molar-refractivity contribution in [2.45, 2.75) is 47.3 Å². The van der Waals surface area contributed by atoms with E-state index in [-0.39, 0.29) is 17.6 Å². The van der Waals surface area contributed by atoms with Crippen molar-refractivity contribution in [1.82, 2.24) is 29.4 Å². The van der Waals surface area contributed by atoms with Gasteiger partial charge in [-0.15, -0.1) is 0 Å². The van der Waals surface area contributed by atoms with Crippen LogP contribution in [0.15, 0.2) is 12.3 Å². The number of hydrogen-bond acceptors (Lipinski definition) is 6. The lowest BCUT2D eigenvalue weighted by Gasteiger charge is -2.35. The van der Waals surface area contributed by atoms with Gasteiger partial charge in [0.2, 0.25) is 5.91 Å². The Morgan fingerprint density at radius 3 is 2.48 bits per heavy atom. The zero-order valence-corrected chi connectivity index (χ0v) is 17.5. The van der Waals surface area contributed by atoms with E-state index in [1.807, 2.05) is 23.4 Å². The molecule has 10 nitrogen and oxygen atoms in total. The van der Waals surface area contributed by atoms with Gasteiger partial charge in [0.05, 0.1) is 35.0 Å². The van der Waals surface area contributed by atoms with Gasteiger partial charge in [0.25, 0.3) is 0 Å².